The van der Waals surface area contributed by atoms with Crippen molar-refractivity contribution in [3.05, 3.63) is 78.1 Å². The highest BCUT2D eigenvalue weighted by molar-refractivity contribution is 5.95. The van der Waals surface area contributed by atoms with Gasteiger partial charge in [-0.2, -0.15) is 0 Å². The van der Waals surface area contributed by atoms with Crippen molar-refractivity contribution in [3.8, 4) is 16.9 Å². The summed E-state index contributed by atoms with van der Waals surface area (Å²) in [6, 6.07) is 18.5. The molecule has 0 fully saturated rings. The maximum absolute atomic E-state index is 13.5. The fourth-order valence-corrected chi connectivity index (χ4v) is 2.61. The van der Waals surface area contributed by atoms with Gasteiger partial charge in [-0.25, -0.2) is 9.18 Å². The first-order valence-electron chi connectivity index (χ1n) is 7.62. The molecule has 5 heteroatoms. The van der Waals surface area contributed by atoms with Gasteiger partial charge in [0, 0.05) is 11.3 Å². The van der Waals surface area contributed by atoms with Crippen molar-refractivity contribution in [1.82, 2.24) is 0 Å². The van der Waals surface area contributed by atoms with E-state index >= 15 is 0 Å². The van der Waals surface area contributed by atoms with E-state index in [9.17, 15) is 14.3 Å². The Balaban J connectivity index is 1.98. The van der Waals surface area contributed by atoms with E-state index in [1.807, 2.05) is 42.5 Å². The average molecular weight is 337 g/mol. The van der Waals surface area contributed by atoms with Crippen LogP contribution in [0.25, 0.3) is 11.1 Å². The molecule has 4 nitrogen and oxygen atoms in total. The van der Waals surface area contributed by atoms with Crippen molar-refractivity contribution in [1.29, 1.82) is 0 Å². The van der Waals surface area contributed by atoms with Gasteiger partial charge in [-0.1, -0.05) is 30.3 Å². The minimum atomic E-state index is -1.12. The summed E-state index contributed by atoms with van der Waals surface area (Å²) in [6.07, 6.45) is 0. The van der Waals surface area contributed by atoms with Crippen LogP contribution in [-0.2, 0) is 0 Å². The average Bonchev–Trinajstić information content (AvgIpc) is 2.61. The van der Waals surface area contributed by atoms with Gasteiger partial charge in [0.05, 0.1) is 18.4 Å². The number of benzene rings is 3. The summed E-state index contributed by atoms with van der Waals surface area (Å²) in [5.41, 5.74) is 2.66. The van der Waals surface area contributed by atoms with Crippen molar-refractivity contribution >= 4 is 17.3 Å². The Morgan fingerprint density at radius 1 is 1.04 bits per heavy atom. The number of ether oxygens (including phenoxy) is 1. The molecule has 0 heterocycles. The molecular formula is C20H16FNO3. The molecule has 3 aromatic carbocycles. The maximum Gasteiger partial charge on any atom is 0.337 e. The lowest BCUT2D eigenvalue weighted by Crippen LogP contribution is -2.03. The fourth-order valence-electron chi connectivity index (χ4n) is 2.61. The smallest absolute Gasteiger partial charge is 0.337 e. The lowest BCUT2D eigenvalue weighted by Gasteiger charge is -2.13. The number of nitrogens with one attached hydrogen (secondary N) is 1. The zero-order chi connectivity index (χ0) is 17.8. The minimum Gasteiger partial charge on any atom is -0.496 e. The number of methoxy groups -OCH3 is 1. The Labute approximate surface area is 144 Å². The van der Waals surface area contributed by atoms with E-state index in [2.05, 4.69) is 5.32 Å². The largest absolute Gasteiger partial charge is 0.496 e. The molecular weight excluding hydrogens is 321 g/mol. The number of carboxylic acid groups (broad SMARTS) is 1. The third-order valence-electron chi connectivity index (χ3n) is 3.77. The first-order chi connectivity index (χ1) is 12.1. The van der Waals surface area contributed by atoms with E-state index in [0.717, 1.165) is 22.9 Å². The van der Waals surface area contributed by atoms with Crippen LogP contribution in [0.15, 0.2) is 66.7 Å². The molecule has 0 unspecified atom stereocenters. The Morgan fingerprint density at radius 3 is 2.60 bits per heavy atom. The molecule has 3 rings (SSSR count). The van der Waals surface area contributed by atoms with Crippen LogP contribution < -0.4 is 10.1 Å². The zero-order valence-electron chi connectivity index (χ0n) is 13.5. The molecule has 0 radical (unpaired) electrons. The molecule has 0 saturated heterocycles. The van der Waals surface area contributed by atoms with Gasteiger partial charge < -0.3 is 15.2 Å². The maximum atomic E-state index is 13.5. The van der Waals surface area contributed by atoms with E-state index in [0.29, 0.717) is 5.69 Å². The van der Waals surface area contributed by atoms with Crippen molar-refractivity contribution in [2.45, 2.75) is 0 Å². The second-order valence-corrected chi connectivity index (χ2v) is 5.40. The molecule has 0 aromatic heterocycles. The SMILES string of the molecule is COc1ccccc1-c1cccc(Nc2cc(F)ccc2C(=O)O)c1. The standard InChI is InChI=1S/C20H16FNO3/c1-25-19-8-3-2-7-16(19)13-5-4-6-15(11-13)22-18-12-14(21)9-10-17(18)20(23)24/h2-12,22H,1H3,(H,23,24). The molecule has 0 aliphatic rings. The van der Waals surface area contributed by atoms with E-state index < -0.39 is 11.8 Å². The molecule has 0 aliphatic heterocycles. The van der Waals surface area contributed by atoms with E-state index in [1.165, 1.54) is 12.1 Å². The lowest BCUT2D eigenvalue weighted by atomic mass is 10.0. The number of halogens is 1. The number of rotatable bonds is 5. The molecule has 0 aliphatic carbocycles. The monoisotopic (exact) mass is 337 g/mol. The fraction of sp³-hybridized carbons (Fsp3) is 0.0500. The predicted octanol–water partition coefficient (Wildman–Crippen LogP) is 4.94. The molecule has 0 bridgehead atoms. The van der Waals surface area contributed by atoms with E-state index in [1.54, 1.807) is 13.2 Å². The molecule has 0 atom stereocenters. The highest BCUT2D eigenvalue weighted by Crippen LogP contribution is 2.32. The second kappa shape index (κ2) is 7.05. The molecule has 0 amide bonds. The molecule has 0 saturated carbocycles. The number of anilines is 2. The van der Waals surface area contributed by atoms with Crippen LogP contribution in [0.1, 0.15) is 10.4 Å². The van der Waals surface area contributed by atoms with Gasteiger partial charge in [-0.15, -0.1) is 0 Å². The lowest BCUT2D eigenvalue weighted by molar-refractivity contribution is 0.0698. The summed E-state index contributed by atoms with van der Waals surface area (Å²) in [5, 5.41) is 12.2. The highest BCUT2D eigenvalue weighted by atomic mass is 19.1. The van der Waals surface area contributed by atoms with E-state index in [4.69, 9.17) is 4.74 Å². The van der Waals surface area contributed by atoms with Crippen molar-refractivity contribution in [2.24, 2.45) is 0 Å². The van der Waals surface area contributed by atoms with Gasteiger partial charge >= 0.3 is 5.97 Å². The number of para-hydroxylation sites is 1. The minimum absolute atomic E-state index is 0.00379. The Morgan fingerprint density at radius 2 is 1.84 bits per heavy atom. The third kappa shape index (κ3) is 3.61. The van der Waals surface area contributed by atoms with Crippen molar-refractivity contribution < 1.29 is 19.0 Å². The van der Waals surface area contributed by atoms with Crippen LogP contribution in [0.2, 0.25) is 0 Å². The first-order valence-corrected chi connectivity index (χ1v) is 7.62. The van der Waals surface area contributed by atoms with Crippen LogP contribution in [-0.4, -0.2) is 18.2 Å². The molecule has 25 heavy (non-hydrogen) atoms. The van der Waals surface area contributed by atoms with Gasteiger partial charge in [-0.05, 0) is 42.0 Å². The van der Waals surface area contributed by atoms with Gasteiger partial charge in [0.1, 0.15) is 11.6 Å². The second-order valence-electron chi connectivity index (χ2n) is 5.40. The Hall–Kier alpha value is -3.34. The molecule has 0 spiro atoms. The van der Waals surface area contributed by atoms with E-state index in [-0.39, 0.29) is 11.3 Å². The molecule has 2 N–H and O–H groups in total. The van der Waals surface area contributed by atoms with Crippen LogP contribution in [0.5, 0.6) is 5.75 Å². The number of hydrogen-bond acceptors (Lipinski definition) is 3. The molecule has 126 valence electrons. The number of carboxylic acids is 1. The number of aromatic carboxylic acids is 1. The third-order valence-corrected chi connectivity index (χ3v) is 3.77. The predicted molar refractivity (Wildman–Crippen MR) is 95.1 cm³/mol. The van der Waals surface area contributed by atoms with Crippen LogP contribution in [0, 0.1) is 5.82 Å². The Kier molecular flexibility index (Phi) is 4.66. The van der Waals surface area contributed by atoms with Crippen molar-refractivity contribution in [3.63, 3.8) is 0 Å². The summed E-state index contributed by atoms with van der Waals surface area (Å²) in [5.74, 6) is -0.895. The normalized spacial score (nSPS) is 10.3. The van der Waals surface area contributed by atoms with Gasteiger partial charge in [0.25, 0.3) is 0 Å². The van der Waals surface area contributed by atoms with Crippen LogP contribution >= 0.6 is 0 Å². The summed E-state index contributed by atoms with van der Waals surface area (Å²) in [7, 11) is 1.60. The number of hydrogen-bond donors (Lipinski definition) is 2. The van der Waals surface area contributed by atoms with Crippen LogP contribution in [0.4, 0.5) is 15.8 Å². The highest BCUT2D eigenvalue weighted by Gasteiger charge is 2.12. The zero-order valence-corrected chi connectivity index (χ0v) is 13.5. The quantitative estimate of drug-likeness (QED) is 0.692. The first kappa shape index (κ1) is 16.5. The van der Waals surface area contributed by atoms with Crippen molar-refractivity contribution in [2.75, 3.05) is 12.4 Å². The summed E-state index contributed by atoms with van der Waals surface area (Å²) in [6.45, 7) is 0. The van der Waals surface area contributed by atoms with Gasteiger partial charge in [0.15, 0.2) is 0 Å². The summed E-state index contributed by atoms with van der Waals surface area (Å²) >= 11 is 0. The van der Waals surface area contributed by atoms with Gasteiger partial charge in [0.2, 0.25) is 0 Å². The summed E-state index contributed by atoms with van der Waals surface area (Å²) < 4.78 is 18.9. The van der Waals surface area contributed by atoms with Gasteiger partial charge in [-0.3, -0.25) is 0 Å². The summed E-state index contributed by atoms with van der Waals surface area (Å²) in [4.78, 5) is 11.3. The Bertz CT molecular complexity index is 924. The molecule has 3 aromatic rings. The van der Waals surface area contributed by atoms with Crippen LogP contribution in [0.3, 0.4) is 0 Å². The number of carbonyl (C=O) groups is 1. The topological polar surface area (TPSA) is 58.6 Å².